The van der Waals surface area contributed by atoms with Gasteiger partial charge in [-0.25, -0.2) is 0 Å². The summed E-state index contributed by atoms with van der Waals surface area (Å²) in [6.07, 6.45) is 0. The predicted molar refractivity (Wildman–Crippen MR) is 15.3 cm³/mol. The predicted octanol–water partition coefficient (Wildman–Crippen LogP) is -0.543. The number of rotatable bonds is 0. The molecular weight excluding hydrogens is 161 g/mol. The topological polar surface area (TPSA) is 74.6 Å². The monoisotopic (exact) mass is 163 g/mol. The standard InChI is InChI=1S/H2O4S.Zn/c1-5(2,3)4;/h(H2,1,2,3,4);/p+1. The van der Waals surface area contributed by atoms with Crippen molar-refractivity contribution in [3.63, 3.8) is 0 Å². The number of hydrogen-bond acceptors (Lipinski definition) is 2. The van der Waals surface area contributed by atoms with Crippen LogP contribution in [0.4, 0.5) is 0 Å². The molecule has 4 nitrogen and oxygen atoms in total. The molecule has 0 aliphatic rings. The van der Waals surface area contributed by atoms with Crippen molar-refractivity contribution >= 4 is 10.4 Å². The Balaban J connectivity index is -0.0000000800. The largest absolute Gasteiger partial charge is 1.00 e. The summed E-state index contributed by atoms with van der Waals surface area (Å²) in [5.74, 6) is 0. The van der Waals surface area contributed by atoms with Gasteiger partial charge >= 0.3 is 11.8 Å². The van der Waals surface area contributed by atoms with E-state index in [2.05, 4.69) is 0 Å². The Bertz CT molecular complexity index is 94.9. The Morgan fingerprint density at radius 3 is 1.33 bits per heavy atom. The zero-order valence-corrected chi connectivity index (χ0v) is 6.61. The molecule has 6 heteroatoms. The van der Waals surface area contributed by atoms with Crippen molar-refractivity contribution in [2.45, 2.75) is 0 Å². The molecule has 0 aromatic carbocycles. The third-order valence-corrected chi connectivity index (χ3v) is 0. The minimum atomic E-state index is -4.67. The van der Waals surface area contributed by atoms with Gasteiger partial charge in [-0.3, -0.25) is 9.11 Å². The summed E-state index contributed by atoms with van der Waals surface area (Å²) in [5.41, 5.74) is 0. The summed E-state index contributed by atoms with van der Waals surface area (Å²) in [7, 11) is -4.67. The third kappa shape index (κ3) is 225. The van der Waals surface area contributed by atoms with Gasteiger partial charge < -0.3 is 0 Å². The van der Waals surface area contributed by atoms with Crippen LogP contribution in [0.15, 0.2) is 0 Å². The second-order valence-corrected chi connectivity index (χ2v) is 1.34. The second kappa shape index (κ2) is 2.63. The van der Waals surface area contributed by atoms with Gasteiger partial charge in [0.05, 0.1) is 0 Å². The molecule has 0 aromatic heterocycles. The molecule has 0 amide bonds. The maximum Gasteiger partial charge on any atom is 1.00 e. The molecule has 0 aromatic rings. The fourth-order valence-corrected chi connectivity index (χ4v) is 0. The smallest absolute Gasteiger partial charge is 0.264 e. The van der Waals surface area contributed by atoms with Crippen LogP contribution in [0.3, 0.4) is 0 Å². The van der Waals surface area contributed by atoms with Crippen LogP contribution in [0.2, 0.25) is 0 Å². The van der Waals surface area contributed by atoms with E-state index in [4.69, 9.17) is 17.5 Å². The third-order valence-electron chi connectivity index (χ3n) is 0. The molecule has 0 heterocycles. The summed E-state index contributed by atoms with van der Waals surface area (Å²) in [5, 5.41) is 0. The molecule has 0 rings (SSSR count). The Morgan fingerprint density at radius 2 is 1.33 bits per heavy atom. The second-order valence-electron chi connectivity index (χ2n) is 0.448. The first-order chi connectivity index (χ1) is 2.00. The van der Waals surface area contributed by atoms with Gasteiger partial charge in [-0.15, -0.1) is 0 Å². The molecule has 0 aliphatic heterocycles. The molecule has 6 heavy (non-hydrogen) atoms. The molecule has 0 aliphatic carbocycles. The molecule has 0 saturated carbocycles. The van der Waals surface area contributed by atoms with Crippen molar-refractivity contribution in [1.29, 1.82) is 0 Å². The average Bonchev–Trinajstić information content (AvgIpc) is 0.722. The zero-order valence-electron chi connectivity index (χ0n) is 3.83. The summed E-state index contributed by atoms with van der Waals surface area (Å²) in [6.45, 7) is 0. The SMILES string of the molecule is O=S(=O)(O)O.[H+].[Zn]. The van der Waals surface area contributed by atoms with E-state index in [0.717, 1.165) is 0 Å². The van der Waals surface area contributed by atoms with Gasteiger partial charge in [0.2, 0.25) is 0 Å². The molecule has 0 bridgehead atoms. The average molecular weight is 164 g/mol. The van der Waals surface area contributed by atoms with E-state index in [9.17, 15) is 0 Å². The van der Waals surface area contributed by atoms with Gasteiger partial charge in [0.1, 0.15) is 0 Å². The van der Waals surface area contributed by atoms with E-state index < -0.39 is 10.4 Å². The molecule has 0 saturated heterocycles. The van der Waals surface area contributed by atoms with Crippen molar-refractivity contribution in [3.8, 4) is 0 Å². The molecule has 2 N–H and O–H groups in total. The molecule has 0 fully saturated rings. The van der Waals surface area contributed by atoms with Gasteiger partial charge in [0, 0.05) is 19.5 Å². The Morgan fingerprint density at radius 1 is 1.33 bits per heavy atom. The van der Waals surface area contributed by atoms with Gasteiger partial charge in [-0.05, 0) is 0 Å². The summed E-state index contributed by atoms with van der Waals surface area (Å²) in [4.78, 5) is 0. The van der Waals surface area contributed by atoms with E-state index >= 15 is 0 Å². The maximum absolute atomic E-state index is 8.74. The van der Waals surface area contributed by atoms with Crippen LogP contribution >= 0.6 is 0 Å². The first-order valence-electron chi connectivity index (χ1n) is 0.698. The molecule has 0 spiro atoms. The zero-order chi connectivity index (χ0) is 4.50. The van der Waals surface area contributed by atoms with E-state index in [1.54, 1.807) is 0 Å². The van der Waals surface area contributed by atoms with Crippen LogP contribution in [-0.2, 0) is 29.9 Å². The van der Waals surface area contributed by atoms with Crippen LogP contribution in [-0.4, -0.2) is 17.5 Å². The van der Waals surface area contributed by atoms with E-state index in [1.807, 2.05) is 0 Å². The van der Waals surface area contributed by atoms with Crippen molar-refractivity contribution in [3.05, 3.63) is 0 Å². The van der Waals surface area contributed by atoms with Gasteiger partial charge in [0.25, 0.3) is 0 Å². The van der Waals surface area contributed by atoms with E-state index in [1.165, 1.54) is 0 Å². The van der Waals surface area contributed by atoms with Crippen LogP contribution in [0, 0.1) is 0 Å². The van der Waals surface area contributed by atoms with Crippen molar-refractivity contribution in [2.75, 3.05) is 0 Å². The summed E-state index contributed by atoms with van der Waals surface area (Å²) < 4.78 is 31.6. The van der Waals surface area contributed by atoms with Crippen LogP contribution in [0.1, 0.15) is 1.43 Å². The van der Waals surface area contributed by atoms with E-state index in [0.29, 0.717) is 0 Å². The Hall–Kier alpha value is 0.493. The quantitative estimate of drug-likeness (QED) is 0.372. The van der Waals surface area contributed by atoms with E-state index in [-0.39, 0.29) is 20.9 Å². The summed E-state index contributed by atoms with van der Waals surface area (Å²) in [6, 6.07) is 0. The fraction of sp³-hybridized carbons (Fsp3) is 0. The Labute approximate surface area is 49.4 Å². The van der Waals surface area contributed by atoms with Crippen LogP contribution in [0.25, 0.3) is 0 Å². The molecule has 34 valence electrons. The normalized spacial score (nSPS) is 9.67. The fourth-order valence-electron chi connectivity index (χ4n) is 0. The molecule has 0 unspecified atom stereocenters. The minimum Gasteiger partial charge on any atom is -0.264 e. The van der Waals surface area contributed by atoms with Crippen molar-refractivity contribution < 1.29 is 38.4 Å². The summed E-state index contributed by atoms with van der Waals surface area (Å²) >= 11 is 0. The van der Waals surface area contributed by atoms with Gasteiger partial charge in [-0.2, -0.15) is 8.42 Å². The first kappa shape index (κ1) is 9.71. The molecule has 0 atom stereocenters. The Kier molecular flexibility index (Phi) is 4.25. The van der Waals surface area contributed by atoms with Crippen molar-refractivity contribution in [2.24, 2.45) is 0 Å². The molecule has 0 radical (unpaired) electrons. The van der Waals surface area contributed by atoms with Crippen molar-refractivity contribution in [1.82, 2.24) is 0 Å². The minimum absolute atomic E-state index is 0. The van der Waals surface area contributed by atoms with Gasteiger partial charge in [-0.1, -0.05) is 0 Å². The number of hydrogen-bond donors (Lipinski definition) is 2. The molecular formula is H3O4SZn+. The van der Waals surface area contributed by atoms with Crippen LogP contribution in [0.5, 0.6) is 0 Å². The first-order valence-corrected chi connectivity index (χ1v) is 2.10. The van der Waals surface area contributed by atoms with Gasteiger partial charge in [0.15, 0.2) is 0 Å². The maximum atomic E-state index is 8.74. The van der Waals surface area contributed by atoms with Crippen LogP contribution < -0.4 is 0 Å².